The van der Waals surface area contributed by atoms with Gasteiger partial charge in [0.15, 0.2) is 10.8 Å². The van der Waals surface area contributed by atoms with Gasteiger partial charge in [0, 0.05) is 43.6 Å². The third-order valence-electron chi connectivity index (χ3n) is 14.1. The van der Waals surface area contributed by atoms with Crippen LogP contribution >= 0.6 is 22.7 Å². The van der Waals surface area contributed by atoms with Gasteiger partial charge in [-0.25, -0.2) is 19.7 Å². The molecule has 2 aliphatic rings. The Bertz CT molecular complexity index is 3280. The van der Waals surface area contributed by atoms with E-state index in [0.717, 1.165) is 48.6 Å². The number of carboxylic acids is 1. The molecule has 5 heterocycles. The second-order valence-corrected chi connectivity index (χ2v) is 22.4. The first-order valence-corrected chi connectivity index (χ1v) is 27.2. The molecule has 0 radical (unpaired) electrons. The summed E-state index contributed by atoms with van der Waals surface area (Å²) < 4.78 is 7.19. The molecule has 18 heteroatoms. The lowest BCUT2D eigenvalue weighted by Crippen LogP contribution is -2.57. The van der Waals surface area contributed by atoms with Crippen molar-refractivity contribution in [1.29, 1.82) is 0 Å². The lowest BCUT2D eigenvalue weighted by Gasteiger charge is -2.35. The molecular formula is C58H62N8O8S2. The zero-order valence-electron chi connectivity index (χ0n) is 43.4. The third kappa shape index (κ3) is 11.8. The average molecular weight is 1060 g/mol. The number of para-hydroxylation sites is 1. The molecule has 5 N–H and O–H groups in total. The topological polar surface area (TPSA) is 216 Å². The summed E-state index contributed by atoms with van der Waals surface area (Å²) in [5.41, 5.74) is 8.92. The first-order valence-electron chi connectivity index (χ1n) is 25.5. The number of carboxylic acid groups (broad SMARTS) is 1. The predicted molar refractivity (Wildman–Crippen MR) is 296 cm³/mol. The standard InChI is InChI=1S/C58H62N8O8S2/c1-33-40(41-24-25-48(62-50(41)56(72)73)65-27-26-37-13-11-15-42(43(37)31-65)53(69)64-57-61-44-16-7-8-18-47(44)76-57)14-12-17-46(33)74-28-10-9-19-49(68)63-52(58(4,5)6)55(71)66-30-39(67)29-45(66)54(70)60-34(2)36-20-22-38(23-21-36)51-35(3)59-32-75-51/h7-8,11-18,20-25,32,34,39,45,52,67H,9-10,19,26-31H2,1-6H3,(H,60,70)(H,63,68)(H,72,73)(H,61,64,69). The number of aliphatic hydroxyl groups excluding tert-OH is 1. The van der Waals surface area contributed by atoms with Crippen LogP contribution < -0.4 is 25.6 Å². The summed E-state index contributed by atoms with van der Waals surface area (Å²) in [6.07, 6.45) is 0.915. The van der Waals surface area contributed by atoms with Gasteiger partial charge in [-0.05, 0) is 115 Å². The van der Waals surface area contributed by atoms with Gasteiger partial charge >= 0.3 is 5.97 Å². The Labute approximate surface area is 449 Å². The molecule has 4 amide bonds. The predicted octanol–water partition coefficient (Wildman–Crippen LogP) is 9.53. The second-order valence-electron chi connectivity index (χ2n) is 20.5. The molecule has 4 unspecified atom stereocenters. The van der Waals surface area contributed by atoms with Gasteiger partial charge in [0.05, 0.1) is 45.1 Å². The SMILES string of the molecule is Cc1ncsc1-c1ccc(C(C)NC(=O)C2CC(O)CN2C(=O)C(NC(=O)CCCCOc2cccc(-c3ccc(N4CCc5cccc(C(=O)Nc6nc7ccccc7s6)c5C4)nc3C(=O)O)c2C)C(C)(C)C)cc1. The number of hydrogen-bond donors (Lipinski definition) is 5. The Morgan fingerprint density at radius 1 is 0.882 bits per heavy atom. The molecule has 0 spiro atoms. The molecule has 1 fully saturated rings. The number of hydrogen-bond acceptors (Lipinski definition) is 13. The van der Waals surface area contributed by atoms with Crippen LogP contribution in [0.3, 0.4) is 0 Å². The number of amides is 4. The Kier molecular flexibility index (Phi) is 15.9. The number of nitrogens with zero attached hydrogens (tertiary/aromatic N) is 5. The number of aromatic carboxylic acids is 1. The van der Waals surface area contributed by atoms with Gasteiger partial charge in [0.2, 0.25) is 17.7 Å². The van der Waals surface area contributed by atoms with E-state index < -0.39 is 35.5 Å². The highest BCUT2D eigenvalue weighted by molar-refractivity contribution is 7.22. The zero-order valence-corrected chi connectivity index (χ0v) is 45.0. The number of likely N-dealkylation sites (tertiary alicyclic amines) is 1. The number of pyridine rings is 1. The van der Waals surface area contributed by atoms with Crippen molar-refractivity contribution < 1.29 is 38.9 Å². The van der Waals surface area contributed by atoms with Gasteiger partial charge in [-0.3, -0.25) is 24.5 Å². The molecule has 7 aromatic rings. The van der Waals surface area contributed by atoms with Gasteiger partial charge < -0.3 is 35.4 Å². The van der Waals surface area contributed by atoms with E-state index in [-0.39, 0.29) is 55.5 Å². The van der Waals surface area contributed by atoms with Crippen LogP contribution in [0.5, 0.6) is 5.75 Å². The summed E-state index contributed by atoms with van der Waals surface area (Å²) in [4.78, 5) is 86.1. The summed E-state index contributed by atoms with van der Waals surface area (Å²) in [6, 6.07) is 28.1. The number of carbonyl (C=O) groups is 5. The van der Waals surface area contributed by atoms with E-state index >= 15 is 0 Å². The van der Waals surface area contributed by atoms with Gasteiger partial charge in [-0.15, -0.1) is 11.3 Å². The van der Waals surface area contributed by atoms with Crippen LogP contribution in [0.15, 0.2) is 103 Å². The molecule has 4 atom stereocenters. The summed E-state index contributed by atoms with van der Waals surface area (Å²) >= 11 is 2.98. The Morgan fingerprint density at radius 3 is 2.39 bits per heavy atom. The van der Waals surface area contributed by atoms with Gasteiger partial charge in [0.1, 0.15) is 23.7 Å². The number of benzene rings is 4. The maximum absolute atomic E-state index is 14.2. The van der Waals surface area contributed by atoms with E-state index in [1.165, 1.54) is 16.2 Å². The van der Waals surface area contributed by atoms with Crippen LogP contribution in [-0.4, -0.2) is 97.5 Å². The van der Waals surface area contributed by atoms with Gasteiger partial charge in [-0.2, -0.15) is 0 Å². The number of ether oxygens (including phenoxy) is 1. The average Bonchev–Trinajstić information content (AvgIpc) is 4.15. The maximum Gasteiger partial charge on any atom is 0.355 e. The van der Waals surface area contributed by atoms with E-state index in [1.807, 2.05) is 131 Å². The molecule has 4 aromatic carbocycles. The fourth-order valence-electron chi connectivity index (χ4n) is 9.97. The van der Waals surface area contributed by atoms with E-state index in [2.05, 4.69) is 30.9 Å². The quantitative estimate of drug-likeness (QED) is 0.0539. The number of fused-ring (bicyclic) bond motifs is 2. The monoisotopic (exact) mass is 1060 g/mol. The number of rotatable bonds is 17. The Morgan fingerprint density at radius 2 is 1.66 bits per heavy atom. The first kappa shape index (κ1) is 53.3. The summed E-state index contributed by atoms with van der Waals surface area (Å²) in [6.45, 7) is 12.4. The van der Waals surface area contributed by atoms with Crippen LogP contribution in [0, 0.1) is 19.3 Å². The highest BCUT2D eigenvalue weighted by Crippen LogP contribution is 2.36. The van der Waals surface area contributed by atoms with Crippen molar-refractivity contribution in [2.45, 2.75) is 104 Å². The number of anilines is 2. The first-order chi connectivity index (χ1) is 36.4. The van der Waals surface area contributed by atoms with Crippen LogP contribution in [-0.2, 0) is 27.3 Å². The van der Waals surface area contributed by atoms with Crippen molar-refractivity contribution in [1.82, 2.24) is 30.5 Å². The minimum absolute atomic E-state index is 0.0286. The molecule has 76 heavy (non-hydrogen) atoms. The van der Waals surface area contributed by atoms with E-state index in [4.69, 9.17) is 4.74 Å². The normalized spacial score (nSPS) is 16.2. The molecule has 2 aliphatic heterocycles. The van der Waals surface area contributed by atoms with E-state index in [0.29, 0.717) is 65.7 Å². The summed E-state index contributed by atoms with van der Waals surface area (Å²) in [5.74, 6) is -1.54. The highest BCUT2D eigenvalue weighted by atomic mass is 32.1. The minimum Gasteiger partial charge on any atom is -0.493 e. The van der Waals surface area contributed by atoms with Crippen LogP contribution in [0.1, 0.15) is 108 Å². The van der Waals surface area contributed by atoms with Crippen LogP contribution in [0.25, 0.3) is 31.8 Å². The molecular weight excluding hydrogens is 1000 g/mol. The van der Waals surface area contributed by atoms with E-state index in [1.54, 1.807) is 29.5 Å². The van der Waals surface area contributed by atoms with Crippen LogP contribution in [0.2, 0.25) is 0 Å². The zero-order chi connectivity index (χ0) is 53.8. The van der Waals surface area contributed by atoms with E-state index in [9.17, 15) is 34.2 Å². The number of unbranched alkanes of at least 4 members (excludes halogenated alkanes) is 1. The minimum atomic E-state index is -1.18. The molecule has 3 aromatic heterocycles. The summed E-state index contributed by atoms with van der Waals surface area (Å²) in [7, 11) is 0. The van der Waals surface area contributed by atoms with Crippen molar-refractivity contribution in [3.63, 3.8) is 0 Å². The van der Waals surface area contributed by atoms with Crippen molar-refractivity contribution >= 4 is 73.4 Å². The molecule has 9 rings (SSSR count). The molecule has 0 bridgehead atoms. The largest absolute Gasteiger partial charge is 0.493 e. The highest BCUT2D eigenvalue weighted by Gasteiger charge is 2.45. The Hall–Kier alpha value is -7.54. The molecule has 1 saturated heterocycles. The fourth-order valence-corrected chi connectivity index (χ4v) is 11.6. The van der Waals surface area contributed by atoms with Crippen LogP contribution in [0.4, 0.5) is 10.9 Å². The van der Waals surface area contributed by atoms with Crippen molar-refractivity contribution in [2.75, 3.05) is 29.9 Å². The number of carbonyl (C=O) groups excluding carboxylic acids is 4. The number of β-amino-alcohol motifs (C(OH)–C–C–N with tert-alkyl or cyclic N) is 1. The molecule has 0 aliphatic carbocycles. The lowest BCUT2D eigenvalue weighted by atomic mass is 9.85. The maximum atomic E-state index is 14.2. The number of aryl methyl sites for hydroxylation is 1. The number of thiazole rings is 2. The van der Waals surface area contributed by atoms with Crippen molar-refractivity contribution in [3.05, 3.63) is 142 Å². The van der Waals surface area contributed by atoms with Gasteiger partial charge in [0.25, 0.3) is 5.91 Å². The fraction of sp³-hybridized carbons (Fsp3) is 0.345. The number of aliphatic hydroxyl groups is 1. The Balaban J connectivity index is 0.786. The molecule has 16 nitrogen and oxygen atoms in total. The second kappa shape index (κ2) is 22.7. The smallest absolute Gasteiger partial charge is 0.355 e. The van der Waals surface area contributed by atoms with Gasteiger partial charge in [-0.1, -0.05) is 92.8 Å². The molecule has 394 valence electrons. The third-order valence-corrected chi connectivity index (χ3v) is 16.1. The molecule has 0 saturated carbocycles. The number of nitrogens with one attached hydrogen (secondary N) is 3. The van der Waals surface area contributed by atoms with Crippen molar-refractivity contribution in [2.24, 2.45) is 5.41 Å². The number of aromatic nitrogens is 3. The lowest BCUT2D eigenvalue weighted by molar-refractivity contribution is -0.144. The summed E-state index contributed by atoms with van der Waals surface area (Å²) in [5, 5.41) is 30.7. The van der Waals surface area contributed by atoms with Crippen molar-refractivity contribution in [3.8, 4) is 27.3 Å².